The Hall–Kier alpha value is -1.02. The largest absolute Gasteiger partial charge is 0.493 e. The number of guanidine groups is 1. The fourth-order valence-electron chi connectivity index (χ4n) is 3.26. The van der Waals surface area contributed by atoms with Crippen LogP contribution in [-0.4, -0.2) is 57.7 Å². The van der Waals surface area contributed by atoms with Crippen molar-refractivity contribution in [2.24, 2.45) is 10.4 Å². The first-order chi connectivity index (χ1) is 11.9. The van der Waals surface area contributed by atoms with Gasteiger partial charge < -0.3 is 20.3 Å². The minimum Gasteiger partial charge on any atom is -0.493 e. The summed E-state index contributed by atoms with van der Waals surface area (Å²) in [7, 11) is 4.22. The Balaban J connectivity index is 0.00000338. The van der Waals surface area contributed by atoms with E-state index in [1.165, 1.54) is 11.1 Å². The minimum absolute atomic E-state index is 0. The fourth-order valence-corrected chi connectivity index (χ4v) is 3.26. The second-order valence-electron chi connectivity index (χ2n) is 7.81. The van der Waals surface area contributed by atoms with Crippen LogP contribution in [0.3, 0.4) is 0 Å². The van der Waals surface area contributed by atoms with Crippen LogP contribution in [0.2, 0.25) is 0 Å². The average Bonchev–Trinajstić information content (AvgIpc) is 2.99. The van der Waals surface area contributed by atoms with Crippen molar-refractivity contribution in [3.8, 4) is 5.75 Å². The molecule has 0 fully saturated rings. The first kappa shape index (κ1) is 23.0. The molecule has 1 aromatic rings. The molecule has 1 aliphatic heterocycles. The van der Waals surface area contributed by atoms with Gasteiger partial charge in [-0.2, -0.15) is 0 Å². The molecule has 5 nitrogen and oxygen atoms in total. The number of hydrogen-bond donors (Lipinski definition) is 2. The van der Waals surface area contributed by atoms with Gasteiger partial charge in [-0.05, 0) is 50.0 Å². The van der Waals surface area contributed by atoms with E-state index in [0.717, 1.165) is 57.3 Å². The van der Waals surface area contributed by atoms with E-state index in [1.807, 2.05) is 0 Å². The highest BCUT2D eigenvalue weighted by Gasteiger charge is 2.18. The molecule has 0 saturated heterocycles. The Kier molecular flexibility index (Phi) is 9.71. The molecule has 0 radical (unpaired) electrons. The van der Waals surface area contributed by atoms with E-state index in [1.54, 1.807) is 0 Å². The van der Waals surface area contributed by atoms with Crippen LogP contribution in [0.4, 0.5) is 0 Å². The monoisotopic (exact) mass is 474 g/mol. The van der Waals surface area contributed by atoms with E-state index in [9.17, 15) is 0 Å². The number of nitrogens with one attached hydrogen (secondary N) is 2. The Morgan fingerprint density at radius 3 is 2.73 bits per heavy atom. The van der Waals surface area contributed by atoms with Gasteiger partial charge in [0.1, 0.15) is 5.75 Å². The lowest BCUT2D eigenvalue weighted by Crippen LogP contribution is -2.40. The number of fused-ring (bicyclic) bond motifs is 1. The molecule has 0 spiro atoms. The van der Waals surface area contributed by atoms with Gasteiger partial charge in [-0.15, -0.1) is 24.0 Å². The summed E-state index contributed by atoms with van der Waals surface area (Å²) < 4.78 is 5.57. The lowest BCUT2D eigenvalue weighted by atomic mass is 9.93. The van der Waals surface area contributed by atoms with Crippen molar-refractivity contribution in [1.29, 1.82) is 0 Å². The zero-order chi connectivity index (χ0) is 18.3. The van der Waals surface area contributed by atoms with Crippen LogP contribution in [0.15, 0.2) is 23.2 Å². The number of benzene rings is 1. The van der Waals surface area contributed by atoms with Crippen LogP contribution < -0.4 is 15.4 Å². The third kappa shape index (κ3) is 7.70. The molecule has 2 rings (SSSR count). The van der Waals surface area contributed by atoms with E-state index in [0.29, 0.717) is 0 Å². The molecule has 26 heavy (non-hydrogen) atoms. The summed E-state index contributed by atoms with van der Waals surface area (Å²) >= 11 is 0. The number of rotatable bonds is 8. The summed E-state index contributed by atoms with van der Waals surface area (Å²) in [6.07, 6.45) is 2.01. The van der Waals surface area contributed by atoms with E-state index < -0.39 is 0 Å². The molecule has 0 amide bonds. The van der Waals surface area contributed by atoms with E-state index >= 15 is 0 Å². The normalized spacial score (nSPS) is 13.8. The minimum atomic E-state index is 0. The molecule has 0 bridgehead atoms. The van der Waals surface area contributed by atoms with Gasteiger partial charge in [0.05, 0.1) is 6.61 Å². The van der Waals surface area contributed by atoms with Crippen LogP contribution in [-0.2, 0) is 12.8 Å². The van der Waals surface area contributed by atoms with E-state index in [4.69, 9.17) is 9.73 Å². The highest BCUT2D eigenvalue weighted by atomic mass is 127. The molecule has 6 heteroatoms. The van der Waals surface area contributed by atoms with Gasteiger partial charge in [-0.1, -0.05) is 26.0 Å². The number of ether oxygens (including phenoxy) is 1. The molecule has 148 valence electrons. The van der Waals surface area contributed by atoms with Crippen molar-refractivity contribution in [3.63, 3.8) is 0 Å². The molecule has 0 atom stereocenters. The standard InChI is InChI=1S/C20H34N4O.HI/c1-6-21-19(23-14-20(2,3)15-24(4)5)22-11-9-16-7-8-18-17(13-16)10-12-25-18;/h7-8,13H,6,9-12,14-15H2,1-5H3,(H2,21,22,23);1H. The van der Waals surface area contributed by atoms with Gasteiger partial charge in [0.25, 0.3) is 0 Å². The average molecular weight is 474 g/mol. The summed E-state index contributed by atoms with van der Waals surface area (Å²) in [5.41, 5.74) is 2.84. The lowest BCUT2D eigenvalue weighted by molar-refractivity contribution is 0.248. The third-order valence-corrected chi connectivity index (χ3v) is 4.21. The maximum absolute atomic E-state index is 5.57. The Bertz CT molecular complexity index is 587. The Morgan fingerprint density at radius 2 is 2.04 bits per heavy atom. The topological polar surface area (TPSA) is 48.9 Å². The predicted octanol–water partition coefficient (Wildman–Crippen LogP) is 2.92. The Morgan fingerprint density at radius 1 is 1.27 bits per heavy atom. The third-order valence-electron chi connectivity index (χ3n) is 4.21. The number of halogens is 1. The summed E-state index contributed by atoms with van der Waals surface area (Å²) in [5.74, 6) is 1.95. The van der Waals surface area contributed by atoms with Crippen molar-refractivity contribution in [2.45, 2.75) is 33.6 Å². The van der Waals surface area contributed by atoms with Gasteiger partial charge in [0.15, 0.2) is 5.96 Å². The summed E-state index contributed by atoms with van der Waals surface area (Å²) in [4.78, 5) is 6.99. The highest BCUT2D eigenvalue weighted by molar-refractivity contribution is 14.0. The SMILES string of the molecule is CCNC(=NCC(C)(C)CN(C)C)NCCc1ccc2c(c1)CCO2.I. The summed E-state index contributed by atoms with van der Waals surface area (Å²) in [6.45, 7) is 11.0. The van der Waals surface area contributed by atoms with Crippen molar-refractivity contribution in [3.05, 3.63) is 29.3 Å². The van der Waals surface area contributed by atoms with Crippen LogP contribution in [0.5, 0.6) is 5.75 Å². The van der Waals surface area contributed by atoms with E-state index in [-0.39, 0.29) is 29.4 Å². The van der Waals surface area contributed by atoms with Gasteiger partial charge in [0.2, 0.25) is 0 Å². The smallest absolute Gasteiger partial charge is 0.191 e. The van der Waals surface area contributed by atoms with Gasteiger partial charge in [-0.3, -0.25) is 4.99 Å². The molecule has 0 aliphatic carbocycles. The summed E-state index contributed by atoms with van der Waals surface area (Å²) in [5, 5.41) is 6.80. The second-order valence-corrected chi connectivity index (χ2v) is 7.81. The van der Waals surface area contributed by atoms with Crippen LogP contribution in [0, 0.1) is 5.41 Å². The Labute approximate surface area is 176 Å². The van der Waals surface area contributed by atoms with Gasteiger partial charge in [-0.25, -0.2) is 0 Å². The van der Waals surface area contributed by atoms with E-state index in [2.05, 4.69) is 68.6 Å². The molecule has 2 N–H and O–H groups in total. The molecule has 1 heterocycles. The summed E-state index contributed by atoms with van der Waals surface area (Å²) in [6, 6.07) is 6.53. The second kappa shape index (κ2) is 11.0. The first-order valence-corrected chi connectivity index (χ1v) is 9.31. The van der Waals surface area contributed by atoms with Crippen molar-refractivity contribution >= 4 is 29.9 Å². The maximum Gasteiger partial charge on any atom is 0.191 e. The molecule has 0 saturated carbocycles. The van der Waals surface area contributed by atoms with Crippen LogP contribution >= 0.6 is 24.0 Å². The van der Waals surface area contributed by atoms with Gasteiger partial charge in [0, 0.05) is 32.6 Å². The molecular formula is C20H35IN4O. The zero-order valence-electron chi connectivity index (χ0n) is 16.9. The molecule has 1 aromatic carbocycles. The first-order valence-electron chi connectivity index (χ1n) is 9.31. The predicted molar refractivity (Wildman–Crippen MR) is 121 cm³/mol. The zero-order valence-corrected chi connectivity index (χ0v) is 19.2. The molecular weight excluding hydrogens is 439 g/mol. The number of hydrogen-bond acceptors (Lipinski definition) is 3. The molecule has 0 unspecified atom stereocenters. The maximum atomic E-state index is 5.57. The lowest BCUT2D eigenvalue weighted by Gasteiger charge is -2.26. The quantitative estimate of drug-likeness (QED) is 0.346. The van der Waals surface area contributed by atoms with Crippen molar-refractivity contribution < 1.29 is 4.74 Å². The van der Waals surface area contributed by atoms with Crippen molar-refractivity contribution in [2.75, 3.05) is 46.9 Å². The van der Waals surface area contributed by atoms with Gasteiger partial charge >= 0.3 is 0 Å². The number of nitrogens with zero attached hydrogens (tertiary/aromatic N) is 2. The highest BCUT2D eigenvalue weighted by Crippen LogP contribution is 2.25. The van der Waals surface area contributed by atoms with Crippen LogP contribution in [0.1, 0.15) is 31.9 Å². The number of aliphatic imine (C=N–C) groups is 1. The molecule has 1 aliphatic rings. The molecule has 0 aromatic heterocycles. The fraction of sp³-hybridized carbons (Fsp3) is 0.650. The van der Waals surface area contributed by atoms with Crippen molar-refractivity contribution in [1.82, 2.24) is 15.5 Å². The van der Waals surface area contributed by atoms with Crippen LogP contribution in [0.25, 0.3) is 0 Å².